The minimum absolute atomic E-state index is 0.158. The third-order valence-corrected chi connectivity index (χ3v) is 2.22. The highest BCUT2D eigenvalue weighted by Gasteiger charge is 2.01. The molecule has 0 atom stereocenters. The topological polar surface area (TPSA) is 34.1 Å². The fourth-order valence-corrected chi connectivity index (χ4v) is 1.31. The van der Waals surface area contributed by atoms with Crippen molar-refractivity contribution < 1.29 is 9.59 Å². The summed E-state index contributed by atoms with van der Waals surface area (Å²) < 4.78 is 0. The summed E-state index contributed by atoms with van der Waals surface area (Å²) in [4.78, 5) is 22.1. The first-order chi connectivity index (χ1) is 8.16. The Labute approximate surface area is 104 Å². The van der Waals surface area contributed by atoms with Crippen LogP contribution in [0.5, 0.6) is 0 Å². The normalized spacial score (nSPS) is 10.0. The van der Waals surface area contributed by atoms with Crippen molar-refractivity contribution in [1.82, 2.24) is 0 Å². The number of Topliss-reactive ketones (excluding diaryl/α,β-unsaturated/α-hetero) is 2. The lowest BCUT2D eigenvalue weighted by Crippen LogP contribution is -1.98. The molecule has 0 unspecified atom stereocenters. The molecule has 0 amide bonds. The van der Waals surface area contributed by atoms with E-state index in [1.54, 1.807) is 6.92 Å². The van der Waals surface area contributed by atoms with Gasteiger partial charge in [0.25, 0.3) is 0 Å². The van der Waals surface area contributed by atoms with Gasteiger partial charge in [-0.2, -0.15) is 0 Å². The molecule has 0 saturated heterocycles. The summed E-state index contributed by atoms with van der Waals surface area (Å²) in [5.41, 5.74) is 3.01. The van der Waals surface area contributed by atoms with E-state index in [1.165, 1.54) is 0 Å². The summed E-state index contributed by atoms with van der Waals surface area (Å²) in [5.74, 6) is 0.398. The van der Waals surface area contributed by atoms with Gasteiger partial charge in [0.05, 0.1) is 0 Å². The highest BCUT2D eigenvalue weighted by Crippen LogP contribution is 2.02. The van der Waals surface area contributed by atoms with Crippen LogP contribution in [0.4, 0.5) is 0 Å². The standard InChI is InChI=1S/C15H22O2/c1-3-4-5-6-7-8-9-12-15(17)13-10-11-14(2)16/h4,6-8H,3,9-13H2,1-2H3. The summed E-state index contributed by atoms with van der Waals surface area (Å²) in [5, 5.41) is 0. The largest absolute Gasteiger partial charge is 0.300 e. The van der Waals surface area contributed by atoms with E-state index in [0.29, 0.717) is 25.7 Å². The van der Waals surface area contributed by atoms with E-state index in [2.05, 4.69) is 12.7 Å². The predicted molar refractivity (Wildman–Crippen MR) is 70.9 cm³/mol. The molecule has 0 aliphatic rings. The van der Waals surface area contributed by atoms with E-state index in [4.69, 9.17) is 0 Å². The van der Waals surface area contributed by atoms with E-state index in [0.717, 1.165) is 12.8 Å². The molecular formula is C15H22O2. The van der Waals surface area contributed by atoms with Gasteiger partial charge in [0, 0.05) is 19.3 Å². The molecule has 0 bridgehead atoms. The van der Waals surface area contributed by atoms with Gasteiger partial charge in [-0.25, -0.2) is 0 Å². The molecule has 0 rings (SSSR count). The van der Waals surface area contributed by atoms with Crippen LogP contribution in [-0.2, 0) is 9.59 Å². The van der Waals surface area contributed by atoms with Crippen molar-refractivity contribution in [3.63, 3.8) is 0 Å². The quantitative estimate of drug-likeness (QED) is 0.449. The number of hydrogen-bond acceptors (Lipinski definition) is 2. The Morgan fingerprint density at radius 1 is 1.18 bits per heavy atom. The van der Waals surface area contributed by atoms with Crippen LogP contribution in [-0.4, -0.2) is 11.6 Å². The molecule has 0 aromatic heterocycles. The summed E-state index contributed by atoms with van der Waals surface area (Å²) in [7, 11) is 0. The van der Waals surface area contributed by atoms with E-state index < -0.39 is 0 Å². The molecular weight excluding hydrogens is 212 g/mol. The van der Waals surface area contributed by atoms with Crippen molar-refractivity contribution in [2.24, 2.45) is 0 Å². The van der Waals surface area contributed by atoms with Gasteiger partial charge in [-0.3, -0.25) is 4.79 Å². The number of carbonyl (C=O) groups excluding carboxylic acids is 2. The second-order valence-corrected chi connectivity index (χ2v) is 4.01. The molecule has 0 radical (unpaired) electrons. The van der Waals surface area contributed by atoms with Crippen molar-refractivity contribution in [3.8, 4) is 0 Å². The Morgan fingerprint density at radius 3 is 2.59 bits per heavy atom. The lowest BCUT2D eigenvalue weighted by Gasteiger charge is -1.96. The molecule has 0 aromatic carbocycles. The second-order valence-electron chi connectivity index (χ2n) is 4.01. The zero-order valence-corrected chi connectivity index (χ0v) is 10.9. The smallest absolute Gasteiger partial charge is 0.133 e. The zero-order chi connectivity index (χ0) is 12.9. The Bertz CT molecular complexity index is 318. The molecule has 94 valence electrons. The Hall–Kier alpha value is -1.40. The first-order valence-corrected chi connectivity index (χ1v) is 6.24. The van der Waals surface area contributed by atoms with E-state index in [-0.39, 0.29) is 11.6 Å². The van der Waals surface area contributed by atoms with Gasteiger partial charge >= 0.3 is 0 Å². The maximum Gasteiger partial charge on any atom is 0.133 e. The van der Waals surface area contributed by atoms with Crippen molar-refractivity contribution >= 4 is 11.6 Å². The fraction of sp³-hybridized carbons (Fsp3) is 0.533. The van der Waals surface area contributed by atoms with E-state index >= 15 is 0 Å². The van der Waals surface area contributed by atoms with Crippen molar-refractivity contribution in [2.45, 2.75) is 52.4 Å². The van der Waals surface area contributed by atoms with Crippen molar-refractivity contribution in [1.29, 1.82) is 0 Å². The number of carbonyl (C=O) groups is 2. The highest BCUT2D eigenvalue weighted by molar-refractivity contribution is 5.80. The summed E-state index contributed by atoms with van der Waals surface area (Å²) in [6, 6.07) is 0. The molecule has 0 heterocycles. The van der Waals surface area contributed by atoms with Crippen molar-refractivity contribution in [2.75, 3.05) is 0 Å². The second kappa shape index (κ2) is 11.1. The molecule has 0 aliphatic heterocycles. The molecule has 17 heavy (non-hydrogen) atoms. The third-order valence-electron chi connectivity index (χ3n) is 2.22. The lowest BCUT2D eigenvalue weighted by atomic mass is 10.1. The van der Waals surface area contributed by atoms with Gasteiger partial charge in [0.2, 0.25) is 0 Å². The van der Waals surface area contributed by atoms with Gasteiger partial charge in [-0.1, -0.05) is 19.1 Å². The summed E-state index contributed by atoms with van der Waals surface area (Å²) in [6.07, 6.45) is 11.7. The molecule has 0 saturated carbocycles. The van der Waals surface area contributed by atoms with Crippen LogP contribution < -0.4 is 0 Å². The first kappa shape index (κ1) is 15.6. The minimum Gasteiger partial charge on any atom is -0.300 e. The predicted octanol–water partition coefficient (Wildman–Crippen LogP) is 3.77. The Kier molecular flexibility index (Phi) is 10.2. The van der Waals surface area contributed by atoms with Crippen LogP contribution in [0.1, 0.15) is 52.4 Å². The minimum atomic E-state index is 0.158. The average Bonchev–Trinajstić information content (AvgIpc) is 2.27. The molecule has 0 aromatic rings. The van der Waals surface area contributed by atoms with Crippen LogP contribution in [0, 0.1) is 0 Å². The molecule has 0 aliphatic carbocycles. The van der Waals surface area contributed by atoms with Crippen LogP contribution in [0.25, 0.3) is 0 Å². The monoisotopic (exact) mass is 234 g/mol. The Morgan fingerprint density at radius 2 is 1.94 bits per heavy atom. The van der Waals surface area contributed by atoms with Crippen LogP contribution in [0.15, 0.2) is 30.0 Å². The van der Waals surface area contributed by atoms with Crippen molar-refractivity contribution in [3.05, 3.63) is 30.0 Å². The SMILES string of the molecule is CCC=C=CC=CCCC(=O)CCCC(C)=O. The van der Waals surface area contributed by atoms with Crippen LogP contribution in [0.3, 0.4) is 0 Å². The van der Waals surface area contributed by atoms with Gasteiger partial charge in [0.1, 0.15) is 11.6 Å². The van der Waals surface area contributed by atoms with Crippen LogP contribution in [0.2, 0.25) is 0 Å². The summed E-state index contributed by atoms with van der Waals surface area (Å²) in [6.45, 7) is 3.62. The highest BCUT2D eigenvalue weighted by atomic mass is 16.1. The van der Waals surface area contributed by atoms with Crippen LogP contribution >= 0.6 is 0 Å². The molecule has 0 fully saturated rings. The lowest BCUT2D eigenvalue weighted by molar-refractivity contribution is -0.119. The summed E-state index contributed by atoms with van der Waals surface area (Å²) >= 11 is 0. The number of ketones is 2. The third kappa shape index (κ3) is 12.5. The maximum atomic E-state index is 11.4. The van der Waals surface area contributed by atoms with Gasteiger partial charge in [-0.05, 0) is 38.3 Å². The maximum absolute atomic E-state index is 11.4. The fourth-order valence-electron chi connectivity index (χ4n) is 1.31. The first-order valence-electron chi connectivity index (χ1n) is 6.24. The van der Waals surface area contributed by atoms with E-state index in [9.17, 15) is 9.59 Å². The zero-order valence-electron chi connectivity index (χ0n) is 10.9. The number of allylic oxidation sites excluding steroid dienone is 3. The average molecular weight is 234 g/mol. The number of rotatable bonds is 9. The van der Waals surface area contributed by atoms with Gasteiger partial charge in [-0.15, -0.1) is 5.73 Å². The van der Waals surface area contributed by atoms with E-state index in [1.807, 2.05) is 24.3 Å². The number of hydrogen-bond donors (Lipinski definition) is 0. The molecule has 0 N–H and O–H groups in total. The molecule has 2 heteroatoms. The molecule has 2 nitrogen and oxygen atoms in total. The Balaban J connectivity index is 3.57. The van der Waals surface area contributed by atoms with Gasteiger partial charge in [0.15, 0.2) is 0 Å². The van der Waals surface area contributed by atoms with Gasteiger partial charge < -0.3 is 4.79 Å². The molecule has 0 spiro atoms.